The van der Waals surface area contributed by atoms with Crippen molar-refractivity contribution in [2.75, 3.05) is 19.0 Å². The number of pyridine rings is 1. The summed E-state index contributed by atoms with van der Waals surface area (Å²) in [5.41, 5.74) is 7.67. The van der Waals surface area contributed by atoms with E-state index in [0.717, 1.165) is 5.69 Å². The molecule has 2 amide bonds. The fourth-order valence-corrected chi connectivity index (χ4v) is 3.04. The molecular formula is C19H18N4O4S. The van der Waals surface area contributed by atoms with Crippen molar-refractivity contribution in [2.24, 2.45) is 5.73 Å². The molecule has 0 saturated carbocycles. The summed E-state index contributed by atoms with van der Waals surface area (Å²) in [4.78, 5) is 31.9. The van der Waals surface area contributed by atoms with Gasteiger partial charge in [-0.05, 0) is 31.2 Å². The number of benzene rings is 1. The molecule has 0 spiro atoms. The van der Waals surface area contributed by atoms with Gasteiger partial charge in [0.15, 0.2) is 11.7 Å². The van der Waals surface area contributed by atoms with Crippen LogP contribution in [0.5, 0.6) is 11.5 Å². The maximum Gasteiger partial charge on any atom is 0.259 e. The highest BCUT2D eigenvalue weighted by Gasteiger charge is 2.15. The summed E-state index contributed by atoms with van der Waals surface area (Å²) in [6.45, 7) is 1.58. The van der Waals surface area contributed by atoms with E-state index in [-0.39, 0.29) is 12.5 Å². The molecule has 3 N–H and O–H groups in total. The lowest BCUT2D eigenvalue weighted by Crippen LogP contribution is -2.20. The molecule has 0 unspecified atom stereocenters. The molecule has 0 bridgehead atoms. The predicted molar refractivity (Wildman–Crippen MR) is 106 cm³/mol. The van der Waals surface area contributed by atoms with Gasteiger partial charge >= 0.3 is 0 Å². The Morgan fingerprint density at radius 3 is 2.75 bits per heavy atom. The number of ether oxygens (including phenoxy) is 2. The number of nitrogens with zero attached hydrogens (tertiary/aromatic N) is 2. The van der Waals surface area contributed by atoms with Crippen LogP contribution in [0.25, 0.3) is 11.3 Å². The first-order chi connectivity index (χ1) is 13.5. The third-order valence-corrected chi connectivity index (χ3v) is 4.49. The van der Waals surface area contributed by atoms with Crippen molar-refractivity contribution in [2.45, 2.75) is 6.92 Å². The van der Waals surface area contributed by atoms with Crippen LogP contribution in [-0.4, -0.2) is 35.5 Å². The second-order valence-corrected chi connectivity index (χ2v) is 6.66. The van der Waals surface area contributed by atoms with Crippen molar-refractivity contribution in [1.82, 2.24) is 9.97 Å². The first-order valence-electron chi connectivity index (χ1n) is 8.25. The first kappa shape index (κ1) is 19.3. The molecule has 28 heavy (non-hydrogen) atoms. The van der Waals surface area contributed by atoms with E-state index in [9.17, 15) is 9.59 Å². The number of amides is 2. The van der Waals surface area contributed by atoms with Crippen molar-refractivity contribution in [1.29, 1.82) is 0 Å². The van der Waals surface area contributed by atoms with Crippen molar-refractivity contribution in [3.8, 4) is 22.8 Å². The zero-order valence-electron chi connectivity index (χ0n) is 15.3. The molecule has 0 radical (unpaired) electrons. The van der Waals surface area contributed by atoms with Gasteiger partial charge in [-0.1, -0.05) is 0 Å². The molecule has 0 aliphatic rings. The maximum absolute atomic E-state index is 12.3. The maximum atomic E-state index is 12.3. The monoisotopic (exact) mass is 398 g/mol. The highest BCUT2D eigenvalue weighted by molar-refractivity contribution is 7.14. The van der Waals surface area contributed by atoms with E-state index in [1.807, 2.05) is 6.92 Å². The summed E-state index contributed by atoms with van der Waals surface area (Å²) in [5, 5.41) is 4.96. The van der Waals surface area contributed by atoms with Crippen LogP contribution < -0.4 is 20.5 Å². The fourth-order valence-electron chi connectivity index (χ4n) is 2.34. The summed E-state index contributed by atoms with van der Waals surface area (Å²) in [7, 11) is 1.53. The Labute approximate surface area is 165 Å². The fraction of sp³-hybridized carbons (Fsp3) is 0.158. The Morgan fingerprint density at radius 2 is 2.07 bits per heavy atom. The number of thiazole rings is 1. The average Bonchev–Trinajstić information content (AvgIpc) is 3.14. The van der Waals surface area contributed by atoms with Gasteiger partial charge in [0, 0.05) is 28.9 Å². The number of carbonyl (C=O) groups excluding carboxylic acids is 2. The normalized spacial score (nSPS) is 10.4. The van der Waals surface area contributed by atoms with Crippen molar-refractivity contribution in [3.63, 3.8) is 0 Å². The van der Waals surface area contributed by atoms with Crippen LogP contribution >= 0.6 is 11.3 Å². The standard InChI is InChI=1S/C19H18N4O4S/c1-11-3-4-12(8-21-11)18(25)23-19-22-15(10-28-19)14-6-5-13(26-2)7-16(14)27-9-17(20)24/h3-8,10H,9H2,1-2H3,(H2,20,24)(H,22,23,25). The zero-order valence-corrected chi connectivity index (χ0v) is 16.1. The molecule has 3 rings (SSSR count). The lowest BCUT2D eigenvalue weighted by molar-refractivity contribution is -0.119. The van der Waals surface area contributed by atoms with Crippen LogP contribution in [0.2, 0.25) is 0 Å². The van der Waals surface area contributed by atoms with E-state index in [2.05, 4.69) is 15.3 Å². The van der Waals surface area contributed by atoms with Crippen LogP contribution in [-0.2, 0) is 4.79 Å². The van der Waals surface area contributed by atoms with Gasteiger partial charge in [-0.15, -0.1) is 11.3 Å². The van der Waals surface area contributed by atoms with Gasteiger partial charge in [0.05, 0.1) is 18.4 Å². The summed E-state index contributed by atoms with van der Waals surface area (Å²) in [6.07, 6.45) is 1.51. The molecule has 0 saturated heterocycles. The van der Waals surface area contributed by atoms with E-state index < -0.39 is 5.91 Å². The average molecular weight is 398 g/mol. The van der Waals surface area contributed by atoms with E-state index in [1.165, 1.54) is 24.6 Å². The van der Waals surface area contributed by atoms with E-state index in [0.29, 0.717) is 33.5 Å². The molecule has 144 valence electrons. The number of primary amides is 1. The number of hydrogen-bond donors (Lipinski definition) is 2. The molecule has 0 aliphatic heterocycles. The van der Waals surface area contributed by atoms with Crippen molar-refractivity contribution >= 4 is 28.3 Å². The third kappa shape index (κ3) is 4.63. The zero-order chi connectivity index (χ0) is 20.1. The highest BCUT2D eigenvalue weighted by atomic mass is 32.1. The molecule has 2 aromatic heterocycles. The second kappa shape index (κ2) is 8.49. The number of hydrogen-bond acceptors (Lipinski definition) is 7. The minimum atomic E-state index is -0.591. The number of rotatable bonds is 7. The van der Waals surface area contributed by atoms with E-state index >= 15 is 0 Å². The quantitative estimate of drug-likeness (QED) is 0.632. The molecule has 0 fully saturated rings. The van der Waals surface area contributed by atoms with Gasteiger partial charge < -0.3 is 15.2 Å². The van der Waals surface area contributed by atoms with Crippen molar-refractivity contribution in [3.05, 3.63) is 53.2 Å². The topological polar surface area (TPSA) is 116 Å². The van der Waals surface area contributed by atoms with E-state index in [4.69, 9.17) is 15.2 Å². The smallest absolute Gasteiger partial charge is 0.259 e. The summed E-state index contributed by atoms with van der Waals surface area (Å²) in [5.74, 6) is 0.0861. The second-order valence-electron chi connectivity index (χ2n) is 5.80. The number of methoxy groups -OCH3 is 1. The molecular weight excluding hydrogens is 380 g/mol. The molecule has 0 atom stereocenters. The summed E-state index contributed by atoms with van der Waals surface area (Å²) >= 11 is 1.27. The summed E-state index contributed by atoms with van der Waals surface area (Å²) < 4.78 is 10.7. The molecule has 0 aliphatic carbocycles. The van der Waals surface area contributed by atoms with Gasteiger partial charge in [0.25, 0.3) is 11.8 Å². The Hall–Kier alpha value is -3.46. The van der Waals surface area contributed by atoms with Gasteiger partial charge in [-0.2, -0.15) is 0 Å². The predicted octanol–water partition coefficient (Wildman–Crippen LogP) is 2.64. The van der Waals surface area contributed by atoms with Crippen LogP contribution in [0.4, 0.5) is 5.13 Å². The first-order valence-corrected chi connectivity index (χ1v) is 9.13. The Bertz CT molecular complexity index is 1000. The minimum absolute atomic E-state index is 0.270. The largest absolute Gasteiger partial charge is 0.497 e. The minimum Gasteiger partial charge on any atom is -0.497 e. The summed E-state index contributed by atoms with van der Waals surface area (Å²) in [6, 6.07) is 8.63. The highest BCUT2D eigenvalue weighted by Crippen LogP contribution is 2.35. The number of aromatic nitrogens is 2. The number of carbonyl (C=O) groups is 2. The van der Waals surface area contributed by atoms with Gasteiger partial charge in [-0.25, -0.2) is 4.98 Å². The van der Waals surface area contributed by atoms with Crippen LogP contribution in [0.3, 0.4) is 0 Å². The molecule has 1 aromatic carbocycles. The number of aryl methyl sites for hydroxylation is 1. The number of anilines is 1. The van der Waals surface area contributed by atoms with Gasteiger partial charge in [-0.3, -0.25) is 19.9 Å². The van der Waals surface area contributed by atoms with Gasteiger partial charge in [0.2, 0.25) is 0 Å². The molecule has 8 nitrogen and oxygen atoms in total. The lowest BCUT2D eigenvalue weighted by Gasteiger charge is -2.10. The number of nitrogens with two attached hydrogens (primary N) is 1. The third-order valence-electron chi connectivity index (χ3n) is 3.73. The van der Waals surface area contributed by atoms with Crippen LogP contribution in [0, 0.1) is 6.92 Å². The molecule has 9 heteroatoms. The van der Waals surface area contributed by atoms with Crippen molar-refractivity contribution < 1.29 is 19.1 Å². The lowest BCUT2D eigenvalue weighted by atomic mass is 10.1. The van der Waals surface area contributed by atoms with Crippen LogP contribution in [0.1, 0.15) is 16.1 Å². The molecule has 2 heterocycles. The van der Waals surface area contributed by atoms with Gasteiger partial charge in [0.1, 0.15) is 11.5 Å². The Balaban J connectivity index is 1.81. The molecule has 3 aromatic rings. The Kier molecular flexibility index (Phi) is 5.85. The number of nitrogens with one attached hydrogen (secondary N) is 1. The Morgan fingerprint density at radius 1 is 1.25 bits per heavy atom. The SMILES string of the molecule is COc1ccc(-c2csc(NC(=O)c3ccc(C)nc3)n2)c(OCC(N)=O)c1. The van der Waals surface area contributed by atoms with Crippen LogP contribution in [0.15, 0.2) is 41.9 Å². The van der Waals surface area contributed by atoms with E-state index in [1.54, 1.807) is 35.7 Å².